The Morgan fingerprint density at radius 1 is 0.307 bits per heavy atom. The third kappa shape index (κ3) is 5.87. The second kappa shape index (κ2) is 16.2. The highest BCUT2D eigenvalue weighted by atomic mass is 32.2. The summed E-state index contributed by atoms with van der Waals surface area (Å²) in [5, 5.41) is 2.39. The molecule has 0 amide bonds. The average molecular weight is 972 g/mol. The predicted molar refractivity (Wildman–Crippen MR) is 308 cm³/mol. The van der Waals surface area contributed by atoms with Gasteiger partial charge < -0.3 is 9.64 Å². The maximum Gasteiger partial charge on any atom is 0.132 e. The third-order valence-electron chi connectivity index (χ3n) is 16.6. The minimum Gasteiger partial charge on any atom is -0.457 e. The van der Waals surface area contributed by atoms with Crippen molar-refractivity contribution in [3.05, 3.63) is 317 Å². The molecule has 0 unspecified atom stereocenters. The summed E-state index contributed by atoms with van der Waals surface area (Å²) in [4.78, 5) is 5.15. The summed E-state index contributed by atoms with van der Waals surface area (Å²) in [5.41, 5.74) is 22.2. The van der Waals surface area contributed by atoms with E-state index in [2.05, 4.69) is 278 Å². The largest absolute Gasteiger partial charge is 0.457 e. The van der Waals surface area contributed by atoms with Gasteiger partial charge in [0.15, 0.2) is 0 Å². The summed E-state index contributed by atoms with van der Waals surface area (Å²) in [6, 6.07) is 101. The van der Waals surface area contributed by atoms with Crippen molar-refractivity contribution < 1.29 is 4.74 Å². The van der Waals surface area contributed by atoms with E-state index in [9.17, 15) is 0 Å². The van der Waals surface area contributed by atoms with Gasteiger partial charge >= 0.3 is 0 Å². The summed E-state index contributed by atoms with van der Waals surface area (Å²) in [6.07, 6.45) is 0. The Hall–Kier alpha value is -9.15. The zero-order valence-corrected chi connectivity index (χ0v) is 41.6. The van der Waals surface area contributed by atoms with E-state index in [4.69, 9.17) is 4.74 Å². The molecular weight excluding hydrogens is 927 g/mol. The second-order valence-electron chi connectivity index (χ2n) is 20.2. The molecule has 4 aliphatic rings. The van der Waals surface area contributed by atoms with Crippen LogP contribution >= 0.6 is 11.8 Å². The molecular formula is C72H45NOS. The van der Waals surface area contributed by atoms with E-state index < -0.39 is 10.8 Å². The van der Waals surface area contributed by atoms with Crippen LogP contribution in [0.3, 0.4) is 0 Å². The number of hydrogen-bond acceptors (Lipinski definition) is 3. The number of benzene rings is 12. The molecule has 2 aliphatic heterocycles. The Morgan fingerprint density at radius 2 is 0.773 bits per heavy atom. The van der Waals surface area contributed by atoms with Crippen LogP contribution in [0.1, 0.15) is 44.5 Å². The minimum absolute atomic E-state index is 0.474. The highest BCUT2D eigenvalue weighted by Gasteiger charge is 2.53. The molecule has 3 heteroatoms. The highest BCUT2D eigenvalue weighted by molar-refractivity contribution is 7.99. The van der Waals surface area contributed by atoms with E-state index in [-0.39, 0.29) is 0 Å². The lowest BCUT2D eigenvalue weighted by Gasteiger charge is -2.39. The molecule has 0 saturated heterocycles. The smallest absolute Gasteiger partial charge is 0.132 e. The van der Waals surface area contributed by atoms with Crippen LogP contribution < -0.4 is 9.64 Å². The molecule has 12 aromatic rings. The summed E-state index contributed by atoms with van der Waals surface area (Å²) in [6.45, 7) is 0. The highest BCUT2D eigenvalue weighted by Crippen LogP contribution is 2.66. The summed E-state index contributed by atoms with van der Waals surface area (Å²) in [7, 11) is 0. The maximum atomic E-state index is 6.77. The van der Waals surface area contributed by atoms with Crippen LogP contribution in [0.2, 0.25) is 0 Å². The van der Waals surface area contributed by atoms with Crippen LogP contribution in [-0.2, 0) is 10.8 Å². The van der Waals surface area contributed by atoms with Gasteiger partial charge in [-0.15, -0.1) is 0 Å². The van der Waals surface area contributed by atoms with Crippen molar-refractivity contribution in [1.29, 1.82) is 0 Å². The first-order valence-electron chi connectivity index (χ1n) is 25.9. The number of nitrogens with zero attached hydrogens (tertiary/aromatic N) is 1. The number of fused-ring (bicyclic) bond motifs is 19. The fourth-order valence-electron chi connectivity index (χ4n) is 13.6. The quantitative estimate of drug-likeness (QED) is 0.171. The molecule has 0 fully saturated rings. The lowest BCUT2D eigenvalue weighted by Crippen LogP contribution is -2.32. The van der Waals surface area contributed by atoms with E-state index in [1.54, 1.807) is 0 Å². The fraction of sp³-hybridized carbons (Fsp3) is 0.0278. The zero-order chi connectivity index (χ0) is 49.2. The van der Waals surface area contributed by atoms with Crippen LogP contribution in [0.4, 0.5) is 17.1 Å². The molecule has 0 aromatic heterocycles. The van der Waals surface area contributed by atoms with Crippen molar-refractivity contribution >= 4 is 39.6 Å². The van der Waals surface area contributed by atoms with Crippen molar-refractivity contribution in [3.63, 3.8) is 0 Å². The maximum absolute atomic E-state index is 6.77. The van der Waals surface area contributed by atoms with E-state index in [1.807, 2.05) is 11.8 Å². The van der Waals surface area contributed by atoms with E-state index in [0.717, 1.165) is 39.7 Å². The Bertz CT molecular complexity index is 4220. The normalized spacial score (nSPS) is 14.1. The van der Waals surface area contributed by atoms with Gasteiger partial charge in [-0.1, -0.05) is 224 Å². The molecule has 2 aliphatic carbocycles. The summed E-state index contributed by atoms with van der Waals surface area (Å²) < 4.78 is 6.77. The van der Waals surface area contributed by atoms with Crippen molar-refractivity contribution in [1.82, 2.24) is 0 Å². The van der Waals surface area contributed by atoms with Gasteiger partial charge in [-0.3, -0.25) is 0 Å². The molecule has 350 valence electrons. The van der Waals surface area contributed by atoms with Gasteiger partial charge in [-0.2, -0.15) is 0 Å². The minimum atomic E-state index is -0.614. The molecule has 2 heterocycles. The summed E-state index contributed by atoms with van der Waals surface area (Å²) >= 11 is 1.89. The Morgan fingerprint density at radius 3 is 1.43 bits per heavy atom. The van der Waals surface area contributed by atoms with Crippen LogP contribution in [0, 0.1) is 0 Å². The Balaban J connectivity index is 0.950. The van der Waals surface area contributed by atoms with Gasteiger partial charge in [0.25, 0.3) is 0 Å². The SMILES string of the molecule is c1ccc(-c2ccc(-c3ccc(N(c4cccc5c4-c4ccccc4C54c5ccccc5Oc5ccccc54)c4cccc5cc6c(cc45)-c4ccccc4C64c5ccccc5Sc5ccccc54)cc3)cc2)cc1. The Labute approximate surface area is 440 Å². The van der Waals surface area contributed by atoms with Gasteiger partial charge in [0.05, 0.1) is 22.2 Å². The molecule has 75 heavy (non-hydrogen) atoms. The molecule has 12 aromatic carbocycles. The molecule has 16 rings (SSSR count). The van der Waals surface area contributed by atoms with Gasteiger partial charge in [0.2, 0.25) is 0 Å². The van der Waals surface area contributed by atoms with Crippen molar-refractivity contribution in [2.75, 3.05) is 4.90 Å². The third-order valence-corrected chi connectivity index (χ3v) is 17.8. The van der Waals surface area contributed by atoms with Crippen molar-refractivity contribution in [2.45, 2.75) is 20.6 Å². The second-order valence-corrected chi connectivity index (χ2v) is 21.3. The lowest BCUT2D eigenvalue weighted by molar-refractivity contribution is 0.436. The molecule has 0 atom stereocenters. The molecule has 2 spiro atoms. The molecule has 0 N–H and O–H groups in total. The van der Waals surface area contributed by atoms with Crippen molar-refractivity contribution in [3.8, 4) is 56.0 Å². The van der Waals surface area contributed by atoms with E-state index in [1.165, 1.54) is 98.5 Å². The number of rotatable bonds is 5. The number of hydrogen-bond donors (Lipinski definition) is 0. The van der Waals surface area contributed by atoms with Crippen LogP contribution in [0.5, 0.6) is 11.5 Å². The first-order chi connectivity index (χ1) is 37.2. The molecule has 0 radical (unpaired) electrons. The average Bonchev–Trinajstić information content (AvgIpc) is 3.96. The van der Waals surface area contributed by atoms with E-state index >= 15 is 0 Å². The first kappa shape index (κ1) is 42.4. The van der Waals surface area contributed by atoms with Gasteiger partial charge in [-0.25, -0.2) is 0 Å². The number of ether oxygens (including phenoxy) is 1. The summed E-state index contributed by atoms with van der Waals surface area (Å²) in [5.74, 6) is 1.77. The number of anilines is 3. The standard InChI is InChI=1S/C72H45NOS/c1-2-18-46(19-3-1)47-36-38-48(39-37-47)49-40-42-51(43-41-49)73(65-31-17-29-62-70(65)53-22-5-7-24-57(53)71(62)58-25-8-12-32-66(58)74-67-33-13-9-26-59(67)71)64-30-16-20-50-44-63-55(45-54(50)64)52-21-4-6-23-56(52)72(63)60-27-10-14-34-68(60)75-69-35-15-11-28-61(69)72/h1-45H. The van der Waals surface area contributed by atoms with Gasteiger partial charge in [0.1, 0.15) is 11.5 Å². The van der Waals surface area contributed by atoms with E-state index in [0.29, 0.717) is 0 Å². The van der Waals surface area contributed by atoms with Gasteiger partial charge in [-0.05, 0) is 138 Å². The van der Waals surface area contributed by atoms with Crippen LogP contribution in [0.25, 0.3) is 55.3 Å². The molecule has 0 bridgehead atoms. The van der Waals surface area contributed by atoms with Crippen LogP contribution in [0.15, 0.2) is 283 Å². The monoisotopic (exact) mass is 971 g/mol. The van der Waals surface area contributed by atoms with Gasteiger partial charge in [0, 0.05) is 37.6 Å². The predicted octanol–water partition coefficient (Wildman–Crippen LogP) is 18.9. The number of para-hydroxylation sites is 2. The molecule has 0 saturated carbocycles. The zero-order valence-electron chi connectivity index (χ0n) is 40.7. The molecule has 2 nitrogen and oxygen atoms in total. The first-order valence-corrected chi connectivity index (χ1v) is 26.7. The lowest BCUT2D eigenvalue weighted by atomic mass is 9.66. The Kier molecular flexibility index (Phi) is 9.14. The topological polar surface area (TPSA) is 12.5 Å². The fourth-order valence-corrected chi connectivity index (χ4v) is 14.8. The van der Waals surface area contributed by atoms with Crippen molar-refractivity contribution in [2.24, 2.45) is 0 Å². The van der Waals surface area contributed by atoms with Crippen LogP contribution in [-0.4, -0.2) is 0 Å².